The van der Waals surface area contributed by atoms with Crippen molar-refractivity contribution in [1.82, 2.24) is 25.3 Å². The zero-order chi connectivity index (χ0) is 15.4. The van der Waals surface area contributed by atoms with E-state index in [1.54, 1.807) is 29.9 Å². The van der Waals surface area contributed by atoms with Crippen LogP contribution in [0.4, 0.5) is 0 Å². The quantitative estimate of drug-likeness (QED) is 0.820. The number of likely N-dealkylation sites (N-methyl/N-ethyl adjacent to an activating group) is 1. The summed E-state index contributed by atoms with van der Waals surface area (Å²) < 4.78 is 1.68. The highest BCUT2D eigenvalue weighted by atomic mass is 35.5. The predicted molar refractivity (Wildman–Crippen MR) is 85.6 cm³/mol. The van der Waals surface area contributed by atoms with Gasteiger partial charge in [-0.3, -0.25) is 14.3 Å². The summed E-state index contributed by atoms with van der Waals surface area (Å²) in [6, 6.07) is -0.415. The second kappa shape index (κ2) is 8.14. The lowest BCUT2D eigenvalue weighted by Gasteiger charge is -2.34. The van der Waals surface area contributed by atoms with Gasteiger partial charge in [-0.25, -0.2) is 0 Å². The van der Waals surface area contributed by atoms with Crippen LogP contribution in [0.25, 0.3) is 0 Å². The number of rotatable bonds is 4. The number of nitrogens with one attached hydrogen (secondary N) is 2. The molecule has 124 valence electrons. The van der Waals surface area contributed by atoms with Crippen LogP contribution in [0.2, 0.25) is 0 Å². The number of carbonyl (C=O) groups excluding carboxylic acids is 2. The molecule has 1 saturated heterocycles. The van der Waals surface area contributed by atoms with Gasteiger partial charge in [0.1, 0.15) is 6.04 Å². The number of hydrogen-bond donors (Lipinski definition) is 2. The first-order valence-corrected chi connectivity index (χ1v) is 7.23. The molecule has 1 aliphatic heterocycles. The van der Waals surface area contributed by atoms with Crippen LogP contribution in [0.5, 0.6) is 0 Å². The molecule has 0 aromatic carbocycles. The normalized spacial score (nSPS) is 19.2. The van der Waals surface area contributed by atoms with Gasteiger partial charge in [-0.2, -0.15) is 5.10 Å². The molecule has 0 aliphatic carbocycles. The number of likely N-dealkylation sites (tertiary alicyclic amines) is 1. The summed E-state index contributed by atoms with van der Waals surface area (Å²) in [6.07, 6.45) is 5.21. The molecule has 0 radical (unpaired) electrons. The number of hydrogen-bond acceptors (Lipinski definition) is 4. The third-order valence-corrected chi connectivity index (χ3v) is 3.94. The molecule has 2 heterocycles. The summed E-state index contributed by atoms with van der Waals surface area (Å²) >= 11 is 0. The van der Waals surface area contributed by atoms with E-state index in [-0.39, 0.29) is 30.1 Å². The van der Waals surface area contributed by atoms with Crippen LogP contribution in [0.1, 0.15) is 24.4 Å². The Bertz CT molecular complexity index is 519. The van der Waals surface area contributed by atoms with Gasteiger partial charge < -0.3 is 15.5 Å². The van der Waals surface area contributed by atoms with Crippen LogP contribution in [-0.4, -0.2) is 53.7 Å². The van der Waals surface area contributed by atoms with Crippen molar-refractivity contribution < 1.29 is 9.59 Å². The Labute approximate surface area is 136 Å². The number of carbonyl (C=O) groups is 2. The summed E-state index contributed by atoms with van der Waals surface area (Å²) in [4.78, 5) is 26.2. The molecule has 2 N–H and O–H groups in total. The van der Waals surface area contributed by atoms with Crippen molar-refractivity contribution in [2.75, 3.05) is 27.2 Å². The van der Waals surface area contributed by atoms with Crippen molar-refractivity contribution in [3.05, 3.63) is 18.0 Å². The zero-order valence-corrected chi connectivity index (χ0v) is 14.0. The maximum Gasteiger partial charge on any atom is 0.244 e. The third kappa shape index (κ3) is 3.98. The van der Waals surface area contributed by atoms with Gasteiger partial charge in [-0.15, -0.1) is 12.4 Å². The predicted octanol–water partition coefficient (Wildman–Crippen LogP) is 0.0870. The summed E-state index contributed by atoms with van der Waals surface area (Å²) in [5.41, 5.74) is 0.840. The van der Waals surface area contributed by atoms with Crippen LogP contribution in [0, 0.1) is 5.92 Å². The highest BCUT2D eigenvalue weighted by molar-refractivity contribution is 5.85. The topological polar surface area (TPSA) is 79.3 Å². The lowest BCUT2D eigenvalue weighted by Crippen LogP contribution is -2.48. The second-order valence-electron chi connectivity index (χ2n) is 5.41. The van der Waals surface area contributed by atoms with Crippen LogP contribution >= 0.6 is 12.4 Å². The van der Waals surface area contributed by atoms with Gasteiger partial charge in [0.05, 0.1) is 12.1 Å². The Balaban J connectivity index is 0.00000242. The summed E-state index contributed by atoms with van der Waals surface area (Å²) in [5, 5.41) is 9.82. The summed E-state index contributed by atoms with van der Waals surface area (Å²) in [6.45, 7) is 1.18. The summed E-state index contributed by atoms with van der Waals surface area (Å²) in [5.74, 6) is -0.104. The van der Waals surface area contributed by atoms with E-state index >= 15 is 0 Å². The molecule has 2 rings (SSSR count). The van der Waals surface area contributed by atoms with Crippen LogP contribution in [-0.2, 0) is 16.6 Å². The average Bonchev–Trinajstić information content (AvgIpc) is 2.93. The fraction of sp³-hybridized carbons (Fsp3) is 0.643. The molecule has 22 heavy (non-hydrogen) atoms. The molecule has 1 aliphatic rings. The van der Waals surface area contributed by atoms with Crippen molar-refractivity contribution in [1.29, 1.82) is 0 Å². The fourth-order valence-corrected chi connectivity index (χ4v) is 2.80. The monoisotopic (exact) mass is 329 g/mol. The van der Waals surface area contributed by atoms with Gasteiger partial charge in [-0.05, 0) is 19.9 Å². The van der Waals surface area contributed by atoms with Gasteiger partial charge in [0.25, 0.3) is 0 Å². The van der Waals surface area contributed by atoms with E-state index in [4.69, 9.17) is 0 Å². The second-order valence-corrected chi connectivity index (χ2v) is 5.41. The van der Waals surface area contributed by atoms with E-state index in [9.17, 15) is 9.59 Å². The molecule has 2 amide bonds. The number of nitrogens with zero attached hydrogens (tertiary/aromatic N) is 3. The van der Waals surface area contributed by atoms with Crippen molar-refractivity contribution in [3.8, 4) is 0 Å². The Morgan fingerprint density at radius 1 is 1.41 bits per heavy atom. The van der Waals surface area contributed by atoms with Crippen molar-refractivity contribution in [3.63, 3.8) is 0 Å². The van der Waals surface area contributed by atoms with Crippen LogP contribution in [0.3, 0.4) is 0 Å². The molecular weight excluding hydrogens is 306 g/mol. The van der Waals surface area contributed by atoms with E-state index < -0.39 is 6.04 Å². The molecule has 7 nitrogen and oxygen atoms in total. The number of aromatic nitrogens is 2. The molecule has 2 atom stereocenters. The molecule has 1 aromatic rings. The average molecular weight is 330 g/mol. The van der Waals surface area contributed by atoms with E-state index in [0.29, 0.717) is 13.1 Å². The van der Waals surface area contributed by atoms with Gasteiger partial charge in [0.15, 0.2) is 0 Å². The van der Waals surface area contributed by atoms with Gasteiger partial charge in [0, 0.05) is 38.9 Å². The highest BCUT2D eigenvalue weighted by Gasteiger charge is 2.32. The van der Waals surface area contributed by atoms with Gasteiger partial charge in [0.2, 0.25) is 11.8 Å². The minimum Gasteiger partial charge on any atom is -0.359 e. The molecule has 1 aromatic heterocycles. The van der Waals surface area contributed by atoms with Crippen molar-refractivity contribution in [2.45, 2.75) is 18.9 Å². The first-order chi connectivity index (χ1) is 10.1. The molecule has 0 saturated carbocycles. The van der Waals surface area contributed by atoms with Crippen molar-refractivity contribution >= 4 is 24.2 Å². The van der Waals surface area contributed by atoms with Crippen molar-refractivity contribution in [2.24, 2.45) is 13.0 Å². The maximum atomic E-state index is 12.7. The number of piperidine rings is 1. The lowest BCUT2D eigenvalue weighted by atomic mass is 9.96. The smallest absolute Gasteiger partial charge is 0.244 e. The van der Waals surface area contributed by atoms with Gasteiger partial charge in [-0.1, -0.05) is 0 Å². The molecule has 1 fully saturated rings. The Kier molecular flexibility index (Phi) is 6.83. The minimum absolute atomic E-state index is 0. The Morgan fingerprint density at radius 3 is 2.68 bits per heavy atom. The lowest BCUT2D eigenvalue weighted by molar-refractivity contribution is -0.137. The number of amides is 2. The largest absolute Gasteiger partial charge is 0.359 e. The maximum absolute atomic E-state index is 12.7. The molecule has 8 heteroatoms. The van der Waals surface area contributed by atoms with Crippen LogP contribution in [0.15, 0.2) is 12.4 Å². The third-order valence-electron chi connectivity index (χ3n) is 3.94. The van der Waals surface area contributed by atoms with E-state index in [1.165, 1.54) is 0 Å². The first-order valence-electron chi connectivity index (χ1n) is 7.23. The first kappa shape index (κ1) is 18.4. The molecule has 0 spiro atoms. The highest BCUT2D eigenvalue weighted by Crippen LogP contribution is 2.21. The van der Waals surface area contributed by atoms with E-state index in [0.717, 1.165) is 18.4 Å². The Morgan fingerprint density at radius 2 is 2.14 bits per heavy atom. The molecule has 2 unspecified atom stereocenters. The van der Waals surface area contributed by atoms with E-state index in [1.807, 2.05) is 13.2 Å². The standard InChI is InChI=1S/C14H23N5O2.ClH/c1-15-12(11-7-17-18(3)8-11)14(21)19-6-4-5-10(9-19)13(20)16-2;/h7-8,10,12,15H,4-6,9H2,1-3H3,(H,16,20);1H. The minimum atomic E-state index is -0.415. The van der Waals surface area contributed by atoms with E-state index in [2.05, 4.69) is 15.7 Å². The molecule has 0 bridgehead atoms. The van der Waals surface area contributed by atoms with Gasteiger partial charge >= 0.3 is 0 Å². The Hall–Kier alpha value is -1.60. The fourth-order valence-electron chi connectivity index (χ4n) is 2.80. The SMILES string of the molecule is CNC(=O)C1CCCN(C(=O)C(NC)c2cnn(C)c2)C1.Cl. The zero-order valence-electron chi connectivity index (χ0n) is 13.2. The molecular formula is C14H24ClN5O2. The van der Waals surface area contributed by atoms with Crippen LogP contribution < -0.4 is 10.6 Å². The number of halogens is 1. The summed E-state index contributed by atoms with van der Waals surface area (Å²) in [7, 11) is 5.22. The number of aryl methyl sites for hydroxylation is 1.